The van der Waals surface area contributed by atoms with Crippen LogP contribution in [0, 0.1) is 0 Å². The van der Waals surface area contributed by atoms with E-state index >= 15 is 0 Å². The van der Waals surface area contributed by atoms with Crippen LogP contribution < -0.4 is 20.1 Å². The zero-order valence-corrected chi connectivity index (χ0v) is 18.1. The number of carbonyl (C=O) groups excluding carboxylic acids is 2. The fraction of sp³-hybridized carbons (Fsp3) is 0.333. The van der Waals surface area contributed by atoms with Crippen LogP contribution in [-0.2, 0) is 16.0 Å². The first-order valence-corrected chi connectivity index (χ1v) is 10.3. The SMILES string of the molecule is CCCOc1ccc([C@@H]2NC(=O)NC(C)=C2C(=O)OCCc2ccccc2)cc1OC. The highest BCUT2D eigenvalue weighted by molar-refractivity contribution is 5.95. The van der Waals surface area contributed by atoms with Gasteiger partial charge in [-0.05, 0) is 36.6 Å². The molecule has 0 spiro atoms. The van der Waals surface area contributed by atoms with E-state index in [4.69, 9.17) is 14.2 Å². The van der Waals surface area contributed by atoms with Crippen LogP contribution >= 0.6 is 0 Å². The summed E-state index contributed by atoms with van der Waals surface area (Å²) in [5.41, 5.74) is 2.60. The summed E-state index contributed by atoms with van der Waals surface area (Å²) in [6.45, 7) is 4.52. The van der Waals surface area contributed by atoms with Gasteiger partial charge in [-0.3, -0.25) is 0 Å². The van der Waals surface area contributed by atoms with Crippen LogP contribution in [0.5, 0.6) is 11.5 Å². The van der Waals surface area contributed by atoms with Crippen molar-refractivity contribution in [2.24, 2.45) is 0 Å². The standard InChI is InChI=1S/C24H28N2O5/c1-4-13-30-19-11-10-18(15-20(19)29-3)22-21(16(2)25-24(28)26-22)23(27)31-14-12-17-8-6-5-7-9-17/h5-11,15,22H,4,12-14H2,1-3H3,(H2,25,26,28)/t22-/m0/s1. The molecule has 0 radical (unpaired) electrons. The van der Waals surface area contributed by atoms with E-state index in [-0.39, 0.29) is 12.6 Å². The van der Waals surface area contributed by atoms with Gasteiger partial charge in [-0.2, -0.15) is 0 Å². The number of urea groups is 1. The van der Waals surface area contributed by atoms with Crippen LogP contribution in [0.15, 0.2) is 59.8 Å². The molecule has 7 nitrogen and oxygen atoms in total. The van der Waals surface area contributed by atoms with E-state index in [9.17, 15) is 9.59 Å². The predicted octanol–water partition coefficient (Wildman–Crippen LogP) is 3.90. The minimum Gasteiger partial charge on any atom is -0.493 e. The minimum atomic E-state index is -0.660. The van der Waals surface area contributed by atoms with Crippen LogP contribution in [0.4, 0.5) is 4.79 Å². The van der Waals surface area contributed by atoms with Crippen LogP contribution in [-0.4, -0.2) is 32.3 Å². The van der Waals surface area contributed by atoms with Gasteiger partial charge < -0.3 is 24.8 Å². The van der Waals surface area contributed by atoms with Crippen LogP contribution in [0.25, 0.3) is 0 Å². The van der Waals surface area contributed by atoms with Crippen LogP contribution in [0.3, 0.4) is 0 Å². The highest BCUT2D eigenvalue weighted by atomic mass is 16.5. The first kappa shape index (κ1) is 22.2. The molecule has 2 amide bonds. The Bertz CT molecular complexity index is 956. The molecule has 0 unspecified atom stereocenters. The summed E-state index contributed by atoms with van der Waals surface area (Å²) in [4.78, 5) is 25.0. The average molecular weight is 424 g/mol. The van der Waals surface area contributed by atoms with E-state index in [1.54, 1.807) is 26.2 Å². The number of ether oxygens (including phenoxy) is 3. The Kier molecular flexibility index (Phi) is 7.54. The smallest absolute Gasteiger partial charge is 0.338 e. The Morgan fingerprint density at radius 1 is 1.06 bits per heavy atom. The van der Waals surface area contributed by atoms with Gasteiger partial charge in [-0.25, -0.2) is 9.59 Å². The Morgan fingerprint density at radius 3 is 2.55 bits per heavy atom. The maximum Gasteiger partial charge on any atom is 0.338 e. The lowest BCUT2D eigenvalue weighted by Crippen LogP contribution is -2.45. The monoisotopic (exact) mass is 424 g/mol. The third-order valence-electron chi connectivity index (χ3n) is 4.94. The molecule has 164 valence electrons. The highest BCUT2D eigenvalue weighted by Crippen LogP contribution is 2.34. The topological polar surface area (TPSA) is 85.9 Å². The minimum absolute atomic E-state index is 0.243. The molecular formula is C24H28N2O5. The molecule has 7 heteroatoms. The maximum atomic E-state index is 12.9. The van der Waals surface area contributed by atoms with E-state index in [2.05, 4.69) is 10.6 Å². The van der Waals surface area contributed by atoms with Crippen molar-refractivity contribution in [3.63, 3.8) is 0 Å². The van der Waals surface area contributed by atoms with Gasteiger partial charge in [-0.15, -0.1) is 0 Å². The zero-order valence-electron chi connectivity index (χ0n) is 18.1. The Morgan fingerprint density at radius 2 is 1.84 bits per heavy atom. The van der Waals surface area contributed by atoms with Crippen LogP contribution in [0.2, 0.25) is 0 Å². The van der Waals surface area contributed by atoms with Crippen molar-refractivity contribution in [1.29, 1.82) is 0 Å². The second kappa shape index (κ2) is 10.5. The fourth-order valence-electron chi connectivity index (χ4n) is 3.39. The second-order valence-corrected chi connectivity index (χ2v) is 7.20. The second-order valence-electron chi connectivity index (χ2n) is 7.20. The summed E-state index contributed by atoms with van der Waals surface area (Å²) in [5, 5.41) is 5.47. The van der Waals surface area contributed by atoms with Gasteiger partial charge in [0.1, 0.15) is 0 Å². The molecule has 1 aliphatic rings. The molecule has 0 bridgehead atoms. The number of carbonyl (C=O) groups is 2. The van der Waals surface area contributed by atoms with Gasteiger partial charge in [0.15, 0.2) is 11.5 Å². The van der Waals surface area contributed by atoms with E-state index in [0.717, 1.165) is 12.0 Å². The number of amides is 2. The summed E-state index contributed by atoms with van der Waals surface area (Å²) in [6, 6.07) is 14.1. The number of benzene rings is 2. The fourth-order valence-corrected chi connectivity index (χ4v) is 3.39. The van der Waals surface area contributed by atoms with Crippen molar-refractivity contribution in [2.45, 2.75) is 32.7 Å². The number of rotatable bonds is 9. The van der Waals surface area contributed by atoms with Crippen molar-refractivity contribution in [3.05, 3.63) is 70.9 Å². The molecule has 0 saturated carbocycles. The van der Waals surface area contributed by atoms with Crippen LogP contribution in [0.1, 0.15) is 37.4 Å². The van der Waals surface area contributed by atoms with Gasteiger partial charge in [0, 0.05) is 12.1 Å². The Hall–Kier alpha value is -3.48. The van der Waals surface area contributed by atoms with Crippen molar-refractivity contribution in [1.82, 2.24) is 10.6 Å². The number of hydrogen-bond acceptors (Lipinski definition) is 5. The third kappa shape index (κ3) is 5.57. The highest BCUT2D eigenvalue weighted by Gasteiger charge is 2.32. The molecule has 3 rings (SSSR count). The molecule has 1 aliphatic heterocycles. The molecule has 2 aromatic rings. The van der Waals surface area contributed by atoms with E-state index in [1.807, 2.05) is 43.3 Å². The van der Waals surface area contributed by atoms with Crippen molar-refractivity contribution in [2.75, 3.05) is 20.3 Å². The van der Waals surface area contributed by atoms with Gasteiger partial charge in [0.05, 0.1) is 31.9 Å². The lowest BCUT2D eigenvalue weighted by Gasteiger charge is -2.28. The van der Waals surface area contributed by atoms with Gasteiger partial charge in [0.2, 0.25) is 0 Å². The Balaban J connectivity index is 1.80. The number of hydrogen-bond donors (Lipinski definition) is 2. The van der Waals surface area contributed by atoms with Crippen molar-refractivity contribution in [3.8, 4) is 11.5 Å². The number of esters is 1. The number of methoxy groups -OCH3 is 1. The molecule has 0 saturated heterocycles. The summed E-state index contributed by atoms with van der Waals surface area (Å²) in [6.07, 6.45) is 1.48. The molecule has 1 heterocycles. The van der Waals surface area contributed by atoms with Gasteiger partial charge in [0.25, 0.3) is 0 Å². The summed E-state index contributed by atoms with van der Waals surface area (Å²) >= 11 is 0. The quantitative estimate of drug-likeness (QED) is 0.597. The molecular weight excluding hydrogens is 396 g/mol. The van der Waals surface area contributed by atoms with Gasteiger partial charge in [-0.1, -0.05) is 43.3 Å². The largest absolute Gasteiger partial charge is 0.493 e. The van der Waals surface area contributed by atoms with Crippen molar-refractivity contribution >= 4 is 12.0 Å². The third-order valence-corrected chi connectivity index (χ3v) is 4.94. The normalized spacial score (nSPS) is 15.7. The van der Waals surface area contributed by atoms with E-state index in [1.165, 1.54) is 0 Å². The number of allylic oxidation sites excluding steroid dienone is 1. The Labute approximate surface area is 182 Å². The molecule has 1 atom stereocenters. The predicted molar refractivity (Wildman–Crippen MR) is 117 cm³/mol. The maximum absolute atomic E-state index is 12.9. The van der Waals surface area contributed by atoms with Gasteiger partial charge >= 0.3 is 12.0 Å². The first-order valence-electron chi connectivity index (χ1n) is 10.3. The van der Waals surface area contributed by atoms with E-state index in [0.29, 0.717) is 41.4 Å². The molecule has 31 heavy (non-hydrogen) atoms. The molecule has 0 aromatic heterocycles. The summed E-state index contributed by atoms with van der Waals surface area (Å²) in [7, 11) is 1.55. The van der Waals surface area contributed by atoms with Crippen molar-refractivity contribution < 1.29 is 23.8 Å². The average Bonchev–Trinajstić information content (AvgIpc) is 2.77. The first-order chi connectivity index (χ1) is 15.0. The molecule has 0 aliphatic carbocycles. The molecule has 0 fully saturated rings. The lowest BCUT2D eigenvalue weighted by molar-refractivity contribution is -0.139. The lowest BCUT2D eigenvalue weighted by atomic mass is 9.95. The zero-order chi connectivity index (χ0) is 22.2. The van der Waals surface area contributed by atoms with E-state index < -0.39 is 12.0 Å². The molecule has 2 aromatic carbocycles. The summed E-state index contributed by atoms with van der Waals surface area (Å²) < 4.78 is 16.7. The number of nitrogens with one attached hydrogen (secondary N) is 2. The molecule has 2 N–H and O–H groups in total. The summed E-state index contributed by atoms with van der Waals surface area (Å²) in [5.74, 6) is 0.672.